The van der Waals surface area contributed by atoms with Gasteiger partial charge >= 0.3 is 0 Å². The first-order valence-corrected chi connectivity index (χ1v) is 7.82. The zero-order valence-electron chi connectivity index (χ0n) is 13.5. The average Bonchev–Trinajstić information content (AvgIpc) is 2.84. The highest BCUT2D eigenvalue weighted by Crippen LogP contribution is 2.27. The number of likely N-dealkylation sites (N-methyl/N-ethyl adjacent to an activating group) is 1. The minimum absolute atomic E-state index is 0.177. The Morgan fingerprint density at radius 1 is 1.43 bits per heavy atom. The van der Waals surface area contributed by atoms with Crippen molar-refractivity contribution in [3.8, 4) is 0 Å². The molecule has 1 fully saturated rings. The molecule has 2 atom stereocenters. The van der Waals surface area contributed by atoms with E-state index in [0.717, 1.165) is 30.8 Å². The van der Waals surface area contributed by atoms with Gasteiger partial charge in [-0.2, -0.15) is 0 Å². The van der Waals surface area contributed by atoms with Crippen LogP contribution in [0.2, 0.25) is 0 Å². The van der Waals surface area contributed by atoms with Crippen LogP contribution in [0.3, 0.4) is 0 Å². The largest absolute Gasteiger partial charge is 0.376 e. The lowest BCUT2D eigenvalue weighted by atomic mass is 10.1. The van der Waals surface area contributed by atoms with Crippen LogP contribution in [-0.2, 0) is 11.3 Å². The monoisotopic (exact) mass is 294 g/mol. The van der Waals surface area contributed by atoms with Crippen molar-refractivity contribution in [3.05, 3.63) is 29.6 Å². The summed E-state index contributed by atoms with van der Waals surface area (Å²) in [6.07, 6.45) is 1.24. The van der Waals surface area contributed by atoms with Gasteiger partial charge in [0, 0.05) is 25.9 Å². The maximum atomic E-state index is 13.6. The van der Waals surface area contributed by atoms with Gasteiger partial charge in [-0.15, -0.1) is 0 Å². The van der Waals surface area contributed by atoms with Crippen LogP contribution in [0.4, 0.5) is 10.1 Å². The summed E-state index contributed by atoms with van der Waals surface area (Å²) < 4.78 is 19.2. The van der Waals surface area contributed by atoms with Gasteiger partial charge in [-0.05, 0) is 49.6 Å². The lowest BCUT2D eigenvalue weighted by Gasteiger charge is -2.30. The van der Waals surface area contributed by atoms with Gasteiger partial charge in [-0.3, -0.25) is 0 Å². The molecular formula is C17H27FN2O. The van der Waals surface area contributed by atoms with Crippen molar-refractivity contribution >= 4 is 5.69 Å². The molecule has 0 saturated carbocycles. The summed E-state index contributed by atoms with van der Waals surface area (Å²) in [4.78, 5) is 2.24. The number of hydrogen-bond acceptors (Lipinski definition) is 3. The number of ether oxygens (including phenoxy) is 1. The number of anilines is 1. The summed E-state index contributed by atoms with van der Waals surface area (Å²) in [6, 6.07) is 5.42. The van der Waals surface area contributed by atoms with E-state index in [9.17, 15) is 4.39 Å². The highest BCUT2D eigenvalue weighted by Gasteiger charge is 2.29. The topological polar surface area (TPSA) is 24.5 Å². The molecule has 21 heavy (non-hydrogen) atoms. The molecule has 2 rings (SSSR count). The summed E-state index contributed by atoms with van der Waals surface area (Å²) >= 11 is 0. The van der Waals surface area contributed by atoms with Crippen LogP contribution in [0, 0.1) is 11.7 Å². The first kappa shape index (κ1) is 16.2. The second-order valence-electron chi connectivity index (χ2n) is 6.34. The molecule has 1 aliphatic heterocycles. The molecule has 1 aromatic rings. The van der Waals surface area contributed by atoms with Crippen molar-refractivity contribution in [2.45, 2.75) is 45.9 Å². The fourth-order valence-corrected chi connectivity index (χ4v) is 2.94. The Morgan fingerprint density at radius 2 is 2.19 bits per heavy atom. The quantitative estimate of drug-likeness (QED) is 0.872. The molecule has 1 aliphatic rings. The van der Waals surface area contributed by atoms with Gasteiger partial charge in [-0.25, -0.2) is 4.39 Å². The summed E-state index contributed by atoms with van der Waals surface area (Å²) in [7, 11) is 2.08. The van der Waals surface area contributed by atoms with Gasteiger partial charge in [0.25, 0.3) is 0 Å². The second kappa shape index (κ2) is 7.23. The normalized spacial score (nSPS) is 22.0. The van der Waals surface area contributed by atoms with E-state index in [2.05, 4.69) is 38.0 Å². The van der Waals surface area contributed by atoms with Crippen molar-refractivity contribution in [1.29, 1.82) is 0 Å². The summed E-state index contributed by atoms with van der Waals surface area (Å²) in [5.41, 5.74) is 2.10. The maximum Gasteiger partial charge on any atom is 0.123 e. The van der Waals surface area contributed by atoms with E-state index in [4.69, 9.17) is 4.74 Å². The predicted octanol–water partition coefficient (Wildman–Crippen LogP) is 3.18. The standard InChI is InChI=1S/C17H27FN2O/c1-12(2)10-19-11-14-9-15(18)5-6-17(14)20(4)16-7-8-21-13(16)3/h5-6,9,12-13,16,19H,7-8,10-11H2,1-4H3. The molecule has 3 nitrogen and oxygen atoms in total. The van der Waals surface area contributed by atoms with Crippen LogP contribution >= 0.6 is 0 Å². The van der Waals surface area contributed by atoms with Crippen molar-refractivity contribution in [2.24, 2.45) is 5.92 Å². The molecule has 2 unspecified atom stereocenters. The summed E-state index contributed by atoms with van der Waals surface area (Å²) in [5, 5.41) is 3.40. The van der Waals surface area contributed by atoms with Crippen molar-refractivity contribution < 1.29 is 9.13 Å². The minimum Gasteiger partial charge on any atom is -0.376 e. The molecule has 1 aromatic carbocycles. The van der Waals surface area contributed by atoms with E-state index < -0.39 is 0 Å². The van der Waals surface area contributed by atoms with Gasteiger partial charge in [0.1, 0.15) is 5.82 Å². The van der Waals surface area contributed by atoms with Crippen molar-refractivity contribution in [3.63, 3.8) is 0 Å². The third kappa shape index (κ3) is 4.17. The average molecular weight is 294 g/mol. The molecule has 0 radical (unpaired) electrons. The predicted molar refractivity (Wildman–Crippen MR) is 85.2 cm³/mol. The Morgan fingerprint density at radius 3 is 2.81 bits per heavy atom. The number of nitrogens with zero attached hydrogens (tertiary/aromatic N) is 1. The van der Waals surface area contributed by atoms with Crippen molar-refractivity contribution in [2.75, 3.05) is 25.1 Å². The maximum absolute atomic E-state index is 13.6. The van der Waals surface area contributed by atoms with Gasteiger partial charge < -0.3 is 15.0 Å². The number of nitrogens with one attached hydrogen (secondary N) is 1. The van der Waals surface area contributed by atoms with Gasteiger partial charge in [0.2, 0.25) is 0 Å². The Hall–Kier alpha value is -1.13. The van der Waals surface area contributed by atoms with E-state index in [1.54, 1.807) is 6.07 Å². The molecule has 118 valence electrons. The Balaban J connectivity index is 2.13. The number of halogens is 1. The minimum atomic E-state index is -0.177. The fraction of sp³-hybridized carbons (Fsp3) is 0.647. The molecule has 1 N–H and O–H groups in total. The van der Waals surface area contributed by atoms with Crippen LogP contribution in [0.15, 0.2) is 18.2 Å². The highest BCUT2D eigenvalue weighted by molar-refractivity contribution is 5.54. The van der Waals surface area contributed by atoms with Gasteiger partial charge in [0.15, 0.2) is 0 Å². The zero-order chi connectivity index (χ0) is 15.4. The van der Waals surface area contributed by atoms with Crippen LogP contribution < -0.4 is 10.2 Å². The molecule has 4 heteroatoms. The zero-order valence-corrected chi connectivity index (χ0v) is 13.5. The Bertz CT molecular complexity index is 464. The smallest absolute Gasteiger partial charge is 0.123 e. The van der Waals surface area contributed by atoms with Gasteiger partial charge in [-0.1, -0.05) is 13.8 Å². The molecule has 1 saturated heterocycles. The van der Waals surface area contributed by atoms with Gasteiger partial charge in [0.05, 0.1) is 12.1 Å². The van der Waals surface area contributed by atoms with Crippen LogP contribution in [0.1, 0.15) is 32.8 Å². The molecular weight excluding hydrogens is 267 g/mol. The van der Waals surface area contributed by atoms with Crippen molar-refractivity contribution in [1.82, 2.24) is 5.32 Å². The van der Waals surface area contributed by atoms with Crippen LogP contribution in [0.25, 0.3) is 0 Å². The Labute approximate surface area is 127 Å². The molecule has 0 aromatic heterocycles. The molecule has 0 amide bonds. The Kier molecular flexibility index (Phi) is 5.59. The number of rotatable bonds is 6. The third-order valence-electron chi connectivity index (χ3n) is 4.12. The lowest BCUT2D eigenvalue weighted by molar-refractivity contribution is 0.118. The van der Waals surface area contributed by atoms with E-state index >= 15 is 0 Å². The van der Waals surface area contributed by atoms with E-state index in [1.807, 2.05) is 6.07 Å². The SMILES string of the molecule is CC(C)CNCc1cc(F)ccc1N(C)C1CCOC1C. The van der Waals surface area contributed by atoms with E-state index in [0.29, 0.717) is 18.5 Å². The van der Waals surface area contributed by atoms with Crippen LogP contribution in [0.5, 0.6) is 0 Å². The second-order valence-corrected chi connectivity index (χ2v) is 6.34. The first-order valence-electron chi connectivity index (χ1n) is 7.82. The van der Waals surface area contributed by atoms with E-state index in [1.165, 1.54) is 6.07 Å². The highest BCUT2D eigenvalue weighted by atomic mass is 19.1. The molecule has 0 spiro atoms. The van der Waals surface area contributed by atoms with E-state index in [-0.39, 0.29) is 11.9 Å². The summed E-state index contributed by atoms with van der Waals surface area (Å²) in [5.74, 6) is 0.409. The fourth-order valence-electron chi connectivity index (χ4n) is 2.94. The third-order valence-corrected chi connectivity index (χ3v) is 4.12. The number of hydrogen-bond donors (Lipinski definition) is 1. The first-order chi connectivity index (χ1) is 9.99. The molecule has 1 heterocycles. The number of benzene rings is 1. The summed E-state index contributed by atoms with van der Waals surface area (Å²) in [6.45, 7) is 8.87. The molecule has 0 aliphatic carbocycles. The van der Waals surface area contributed by atoms with Crippen LogP contribution in [-0.4, -0.2) is 32.3 Å². The molecule has 0 bridgehead atoms. The lowest BCUT2D eigenvalue weighted by Crippen LogP contribution is -2.37.